The molecular formula is C7H12N2O3. The first-order valence-electron chi connectivity index (χ1n) is 3.73. The van der Waals surface area contributed by atoms with Crippen LogP contribution in [0.25, 0.3) is 0 Å². The third-order valence-corrected chi connectivity index (χ3v) is 1.52. The number of rotatable bonds is 5. The van der Waals surface area contributed by atoms with Gasteiger partial charge >= 0.3 is 0 Å². The largest absolute Gasteiger partial charge is 0.301 e. The van der Waals surface area contributed by atoms with Gasteiger partial charge in [-0.25, -0.2) is 0 Å². The number of carbonyl (C=O) groups excluding carboxylic acids is 1. The topological polar surface area (TPSA) is 84.1 Å². The molecular weight excluding hydrogens is 160 g/mol. The Labute approximate surface area is 70.4 Å². The van der Waals surface area contributed by atoms with Gasteiger partial charge in [0.05, 0.1) is 12.1 Å². The van der Waals surface area contributed by atoms with Crippen LogP contribution in [0.1, 0.15) is 26.7 Å². The monoisotopic (exact) mass is 172 g/mol. The Bertz CT molecular complexity index is 213. The Kier molecular flexibility index (Phi) is 4.10. The number of nitrogens with zero attached hydrogens (tertiary/aromatic N) is 1. The van der Waals surface area contributed by atoms with Crippen LogP contribution >= 0.6 is 0 Å². The van der Waals surface area contributed by atoms with Gasteiger partial charge in [0.1, 0.15) is 0 Å². The molecule has 5 nitrogen and oxygen atoms in total. The summed E-state index contributed by atoms with van der Waals surface area (Å²) in [6.45, 7) is 3.02. The molecule has 0 aliphatic rings. The molecule has 0 radical (unpaired) electrons. The van der Waals surface area contributed by atoms with Gasteiger partial charge in [-0.15, -0.1) is 0 Å². The van der Waals surface area contributed by atoms with Gasteiger partial charge < -0.3 is 5.41 Å². The lowest BCUT2D eigenvalue weighted by Crippen LogP contribution is -2.23. The molecule has 0 heterocycles. The standard InChI is InChI=1S/C7H12N2O3/c1-3-7(10)6(8)4-5(2)9(11)12/h5,8H,3-4H2,1-2H3. The number of carbonyl (C=O) groups is 1. The summed E-state index contributed by atoms with van der Waals surface area (Å²) in [4.78, 5) is 20.5. The lowest BCUT2D eigenvalue weighted by atomic mass is 10.1. The van der Waals surface area contributed by atoms with Crippen LogP contribution in [0.4, 0.5) is 0 Å². The van der Waals surface area contributed by atoms with Crippen molar-refractivity contribution in [1.82, 2.24) is 0 Å². The summed E-state index contributed by atoms with van der Waals surface area (Å²) in [7, 11) is 0. The fraction of sp³-hybridized carbons (Fsp3) is 0.714. The molecule has 0 saturated carbocycles. The molecule has 1 N–H and O–H groups in total. The summed E-state index contributed by atoms with van der Waals surface area (Å²) in [5, 5.41) is 17.3. The van der Waals surface area contributed by atoms with E-state index in [0.29, 0.717) is 0 Å². The lowest BCUT2D eigenvalue weighted by molar-refractivity contribution is -0.516. The van der Waals surface area contributed by atoms with E-state index in [2.05, 4.69) is 0 Å². The van der Waals surface area contributed by atoms with Crippen molar-refractivity contribution < 1.29 is 9.72 Å². The van der Waals surface area contributed by atoms with Crippen molar-refractivity contribution in [3.63, 3.8) is 0 Å². The smallest absolute Gasteiger partial charge is 0.216 e. The van der Waals surface area contributed by atoms with Crippen molar-refractivity contribution in [2.75, 3.05) is 0 Å². The van der Waals surface area contributed by atoms with Crippen LogP contribution in [0.2, 0.25) is 0 Å². The molecule has 0 aromatic heterocycles. The fourth-order valence-electron chi connectivity index (χ4n) is 0.697. The first-order valence-corrected chi connectivity index (χ1v) is 3.73. The van der Waals surface area contributed by atoms with Gasteiger partial charge in [-0.3, -0.25) is 14.9 Å². The molecule has 0 spiro atoms. The zero-order valence-electron chi connectivity index (χ0n) is 7.16. The van der Waals surface area contributed by atoms with Gasteiger partial charge in [-0.1, -0.05) is 6.92 Å². The Balaban J connectivity index is 4.01. The van der Waals surface area contributed by atoms with E-state index in [1.165, 1.54) is 6.92 Å². The van der Waals surface area contributed by atoms with Crippen molar-refractivity contribution in [2.45, 2.75) is 32.7 Å². The van der Waals surface area contributed by atoms with E-state index < -0.39 is 11.0 Å². The average Bonchev–Trinajstić information content (AvgIpc) is 2.02. The predicted octanol–water partition coefficient (Wildman–Crippen LogP) is 1.04. The van der Waals surface area contributed by atoms with E-state index in [1.807, 2.05) is 0 Å². The fourth-order valence-corrected chi connectivity index (χ4v) is 0.697. The highest BCUT2D eigenvalue weighted by Gasteiger charge is 2.18. The Morgan fingerprint density at radius 3 is 2.50 bits per heavy atom. The maximum Gasteiger partial charge on any atom is 0.216 e. The van der Waals surface area contributed by atoms with Crippen LogP contribution in [0.3, 0.4) is 0 Å². The summed E-state index contributed by atoms with van der Waals surface area (Å²) < 4.78 is 0. The van der Waals surface area contributed by atoms with Crippen molar-refractivity contribution in [3.8, 4) is 0 Å². The number of hydrogen-bond donors (Lipinski definition) is 1. The second-order valence-corrected chi connectivity index (χ2v) is 2.59. The summed E-state index contributed by atoms with van der Waals surface area (Å²) >= 11 is 0. The summed E-state index contributed by atoms with van der Waals surface area (Å²) in [6.07, 6.45) is 0.170. The van der Waals surface area contributed by atoms with Gasteiger partial charge in [0.15, 0.2) is 5.78 Å². The van der Waals surface area contributed by atoms with Gasteiger partial charge in [0.2, 0.25) is 6.04 Å². The van der Waals surface area contributed by atoms with Gasteiger partial charge in [0, 0.05) is 18.3 Å². The number of nitrogens with one attached hydrogen (secondary N) is 1. The van der Waals surface area contributed by atoms with E-state index in [4.69, 9.17) is 5.41 Å². The first kappa shape index (κ1) is 10.7. The van der Waals surface area contributed by atoms with E-state index in [-0.39, 0.29) is 24.3 Å². The van der Waals surface area contributed by atoms with E-state index in [1.54, 1.807) is 6.92 Å². The minimum atomic E-state index is -0.840. The molecule has 68 valence electrons. The van der Waals surface area contributed by atoms with Crippen LogP contribution in [-0.4, -0.2) is 22.5 Å². The summed E-state index contributed by atoms with van der Waals surface area (Å²) in [5.41, 5.74) is -0.151. The van der Waals surface area contributed by atoms with Gasteiger partial charge in [0.25, 0.3) is 0 Å². The van der Waals surface area contributed by atoms with Crippen molar-refractivity contribution in [2.24, 2.45) is 0 Å². The molecule has 0 amide bonds. The number of nitro groups is 1. The van der Waals surface area contributed by atoms with Crippen molar-refractivity contribution >= 4 is 11.5 Å². The van der Waals surface area contributed by atoms with Crippen LogP contribution in [0.15, 0.2) is 0 Å². The quantitative estimate of drug-likeness (QED) is 0.382. The maximum absolute atomic E-state index is 10.8. The summed E-state index contributed by atoms with van der Waals surface area (Å²) in [6, 6.07) is -0.840. The molecule has 0 fully saturated rings. The minimum absolute atomic E-state index is 0.0698. The van der Waals surface area contributed by atoms with Crippen LogP contribution in [-0.2, 0) is 4.79 Å². The van der Waals surface area contributed by atoms with Crippen LogP contribution in [0, 0.1) is 15.5 Å². The Morgan fingerprint density at radius 2 is 2.17 bits per heavy atom. The molecule has 12 heavy (non-hydrogen) atoms. The third-order valence-electron chi connectivity index (χ3n) is 1.52. The Hall–Kier alpha value is -1.26. The molecule has 0 aliphatic heterocycles. The second-order valence-electron chi connectivity index (χ2n) is 2.59. The number of Topliss-reactive ketones (excluding diaryl/α,β-unsaturated/α-hetero) is 1. The lowest BCUT2D eigenvalue weighted by Gasteiger charge is -2.02. The van der Waals surface area contributed by atoms with Gasteiger partial charge in [-0.2, -0.15) is 0 Å². The minimum Gasteiger partial charge on any atom is -0.301 e. The van der Waals surface area contributed by atoms with Crippen molar-refractivity contribution in [1.29, 1.82) is 5.41 Å². The zero-order valence-corrected chi connectivity index (χ0v) is 7.16. The third kappa shape index (κ3) is 3.23. The zero-order chi connectivity index (χ0) is 9.72. The number of hydrogen-bond acceptors (Lipinski definition) is 4. The maximum atomic E-state index is 10.8. The normalized spacial score (nSPS) is 12.2. The molecule has 0 aromatic carbocycles. The highest BCUT2D eigenvalue weighted by molar-refractivity contribution is 6.38. The molecule has 0 aliphatic carbocycles. The van der Waals surface area contributed by atoms with Gasteiger partial charge in [-0.05, 0) is 0 Å². The van der Waals surface area contributed by atoms with E-state index in [9.17, 15) is 14.9 Å². The van der Waals surface area contributed by atoms with E-state index >= 15 is 0 Å². The summed E-state index contributed by atoms with van der Waals surface area (Å²) in [5.74, 6) is -0.316. The molecule has 0 saturated heterocycles. The highest BCUT2D eigenvalue weighted by Crippen LogP contribution is 1.99. The predicted molar refractivity (Wildman–Crippen MR) is 44.1 cm³/mol. The molecule has 1 atom stereocenters. The molecule has 1 unspecified atom stereocenters. The van der Waals surface area contributed by atoms with E-state index in [0.717, 1.165) is 0 Å². The molecule has 0 bridgehead atoms. The van der Waals surface area contributed by atoms with Crippen LogP contribution < -0.4 is 0 Å². The first-order chi connectivity index (χ1) is 5.49. The average molecular weight is 172 g/mol. The second kappa shape index (κ2) is 4.58. The highest BCUT2D eigenvalue weighted by atomic mass is 16.6. The van der Waals surface area contributed by atoms with Crippen molar-refractivity contribution in [3.05, 3.63) is 10.1 Å². The molecule has 0 aromatic rings. The molecule has 5 heteroatoms. The SMILES string of the molecule is CCC(=O)C(=N)CC(C)[N+](=O)[O-]. The number of ketones is 1. The molecule has 0 rings (SSSR count). The Morgan fingerprint density at radius 1 is 1.67 bits per heavy atom. The van der Waals surface area contributed by atoms with Crippen LogP contribution in [0.5, 0.6) is 0 Å².